The first-order chi connectivity index (χ1) is 7.25. The minimum Gasteiger partial charge on any atom is -0.355 e. The van der Waals surface area contributed by atoms with Crippen LogP contribution in [0, 0.1) is 8.99 Å². The van der Waals surface area contributed by atoms with Crippen molar-refractivity contribution in [3.05, 3.63) is 20.3 Å². The van der Waals surface area contributed by atoms with Gasteiger partial charge >= 0.3 is 0 Å². The number of nitrogens with one attached hydrogen (secondary N) is 1. The maximum Gasteiger partial charge on any atom is 0.266 e. The summed E-state index contributed by atoms with van der Waals surface area (Å²) >= 11 is 2.03. The Hall–Kier alpha value is -0.590. The maximum atomic E-state index is 11.5. The third-order valence-electron chi connectivity index (χ3n) is 2.95. The van der Waals surface area contributed by atoms with Gasteiger partial charge in [0.15, 0.2) is 0 Å². The Morgan fingerprint density at radius 3 is 2.56 bits per heavy atom. The number of hydrogen-bond donors (Lipinski definition) is 1. The summed E-state index contributed by atoms with van der Waals surface area (Å²) in [4.78, 5) is 20.3. The Morgan fingerprint density at radius 1 is 1.50 bits per heavy atom. The van der Waals surface area contributed by atoms with E-state index in [1.807, 2.05) is 29.6 Å². The highest BCUT2D eigenvalue weighted by atomic mass is 127. The predicted octanol–water partition coefficient (Wildman–Crippen LogP) is 2.25. The minimum absolute atomic E-state index is 0.0847. The number of aromatic amines is 1. The van der Waals surface area contributed by atoms with E-state index < -0.39 is 0 Å². The summed E-state index contributed by atoms with van der Waals surface area (Å²) in [6.45, 7) is 8.66. The lowest BCUT2D eigenvalue weighted by atomic mass is 9.87. The fourth-order valence-corrected chi connectivity index (χ4v) is 2.06. The van der Waals surface area contributed by atoms with Crippen molar-refractivity contribution in [3.63, 3.8) is 0 Å². The predicted molar refractivity (Wildman–Crippen MR) is 74.9 cm³/mol. The van der Waals surface area contributed by atoms with Gasteiger partial charge in [0, 0.05) is 13.1 Å². The summed E-state index contributed by atoms with van der Waals surface area (Å²) in [5.74, 6) is 0.742. The van der Waals surface area contributed by atoms with Crippen LogP contribution >= 0.6 is 22.6 Å². The molecule has 0 radical (unpaired) electrons. The van der Waals surface area contributed by atoms with Gasteiger partial charge in [0.1, 0.15) is 9.39 Å². The first-order valence-electron chi connectivity index (χ1n) is 5.21. The van der Waals surface area contributed by atoms with E-state index in [2.05, 4.69) is 42.6 Å². The smallest absolute Gasteiger partial charge is 0.266 e. The van der Waals surface area contributed by atoms with Crippen LogP contribution < -0.4 is 10.5 Å². The van der Waals surface area contributed by atoms with Gasteiger partial charge in [0.2, 0.25) is 0 Å². The number of hydrogen-bond acceptors (Lipinski definition) is 3. The Balaban J connectivity index is 3.11. The molecule has 0 amide bonds. The first kappa shape index (κ1) is 13.5. The van der Waals surface area contributed by atoms with Gasteiger partial charge in [-0.05, 0) is 34.9 Å². The molecule has 0 fully saturated rings. The summed E-state index contributed by atoms with van der Waals surface area (Å²) in [5, 5.41) is 0. The molecule has 0 aliphatic rings. The summed E-state index contributed by atoms with van der Waals surface area (Å²) in [6.07, 6.45) is 1.45. The molecule has 1 aromatic heterocycles. The van der Waals surface area contributed by atoms with Crippen molar-refractivity contribution in [1.29, 1.82) is 0 Å². The zero-order valence-electron chi connectivity index (χ0n) is 10.3. The van der Waals surface area contributed by atoms with Crippen molar-refractivity contribution in [1.82, 2.24) is 9.97 Å². The average Bonchev–Trinajstić information content (AvgIpc) is 2.18. The van der Waals surface area contributed by atoms with Crippen LogP contribution in [0.3, 0.4) is 0 Å². The zero-order valence-corrected chi connectivity index (χ0v) is 12.5. The van der Waals surface area contributed by atoms with Gasteiger partial charge in [-0.1, -0.05) is 20.8 Å². The second kappa shape index (κ2) is 4.73. The molecule has 1 aromatic rings. The van der Waals surface area contributed by atoms with Crippen molar-refractivity contribution in [2.24, 2.45) is 5.41 Å². The van der Waals surface area contributed by atoms with Crippen molar-refractivity contribution in [2.75, 3.05) is 11.9 Å². The Labute approximate surface area is 110 Å². The molecular weight excluding hydrogens is 317 g/mol. The van der Waals surface area contributed by atoms with Crippen LogP contribution in [0.4, 0.5) is 5.82 Å². The van der Waals surface area contributed by atoms with Crippen LogP contribution in [0.25, 0.3) is 0 Å². The SMILES string of the molecule is CC(N(C)c1nc[nH]c(=O)c1I)C(C)(C)C. The second-order valence-electron chi connectivity index (χ2n) is 5.02. The monoisotopic (exact) mass is 335 g/mol. The number of nitrogens with zero attached hydrogens (tertiary/aromatic N) is 2. The van der Waals surface area contributed by atoms with E-state index in [-0.39, 0.29) is 11.0 Å². The maximum absolute atomic E-state index is 11.5. The van der Waals surface area contributed by atoms with Crippen LogP contribution in [0.15, 0.2) is 11.1 Å². The molecular formula is C11H18IN3O. The molecule has 0 aliphatic heterocycles. The van der Waals surface area contributed by atoms with Crippen molar-refractivity contribution < 1.29 is 0 Å². The molecule has 90 valence electrons. The van der Waals surface area contributed by atoms with E-state index >= 15 is 0 Å². The molecule has 5 heteroatoms. The molecule has 1 atom stereocenters. The molecule has 16 heavy (non-hydrogen) atoms. The lowest BCUT2D eigenvalue weighted by molar-refractivity contribution is 0.328. The molecule has 0 saturated carbocycles. The van der Waals surface area contributed by atoms with Gasteiger partial charge in [-0.2, -0.15) is 0 Å². The van der Waals surface area contributed by atoms with Crippen molar-refractivity contribution in [3.8, 4) is 0 Å². The molecule has 0 bridgehead atoms. The van der Waals surface area contributed by atoms with Crippen LogP contribution in [0.5, 0.6) is 0 Å². The van der Waals surface area contributed by atoms with E-state index in [4.69, 9.17) is 0 Å². The molecule has 1 rings (SSSR count). The van der Waals surface area contributed by atoms with Gasteiger partial charge in [0.05, 0.1) is 6.33 Å². The molecule has 4 nitrogen and oxygen atoms in total. The van der Waals surface area contributed by atoms with Crippen LogP contribution in [-0.2, 0) is 0 Å². The van der Waals surface area contributed by atoms with Gasteiger partial charge in [-0.15, -0.1) is 0 Å². The quantitative estimate of drug-likeness (QED) is 0.844. The fraction of sp³-hybridized carbons (Fsp3) is 0.636. The number of rotatable bonds is 2. The van der Waals surface area contributed by atoms with Gasteiger partial charge in [0.25, 0.3) is 5.56 Å². The highest BCUT2D eigenvalue weighted by molar-refractivity contribution is 14.1. The molecule has 1 heterocycles. The lowest BCUT2D eigenvalue weighted by Crippen LogP contribution is -2.41. The van der Waals surface area contributed by atoms with E-state index in [1.165, 1.54) is 6.33 Å². The third-order valence-corrected chi connectivity index (χ3v) is 3.92. The van der Waals surface area contributed by atoms with E-state index in [0.29, 0.717) is 9.61 Å². The van der Waals surface area contributed by atoms with Gasteiger partial charge in [-0.25, -0.2) is 4.98 Å². The molecule has 0 aliphatic carbocycles. The Morgan fingerprint density at radius 2 is 2.06 bits per heavy atom. The molecule has 1 unspecified atom stereocenters. The summed E-state index contributed by atoms with van der Waals surface area (Å²) in [7, 11) is 1.97. The van der Waals surface area contributed by atoms with E-state index in [9.17, 15) is 4.79 Å². The van der Waals surface area contributed by atoms with Crippen LogP contribution in [0.1, 0.15) is 27.7 Å². The average molecular weight is 335 g/mol. The largest absolute Gasteiger partial charge is 0.355 e. The number of anilines is 1. The summed E-state index contributed by atoms with van der Waals surface area (Å²) in [6, 6.07) is 0.301. The highest BCUT2D eigenvalue weighted by Gasteiger charge is 2.26. The van der Waals surface area contributed by atoms with Crippen LogP contribution in [0.2, 0.25) is 0 Å². The molecule has 0 spiro atoms. The standard InChI is InChI=1S/C11H18IN3O/c1-7(11(2,3)4)15(5)9-8(12)10(16)14-6-13-9/h6-7H,1-5H3,(H,13,14,16). The van der Waals surface area contributed by atoms with Gasteiger partial charge in [-0.3, -0.25) is 4.79 Å². The normalized spacial score (nSPS) is 13.6. The summed E-state index contributed by atoms with van der Waals surface area (Å²) < 4.78 is 0.638. The van der Waals surface area contributed by atoms with Crippen molar-refractivity contribution >= 4 is 28.4 Å². The van der Waals surface area contributed by atoms with Gasteiger partial charge < -0.3 is 9.88 Å². The first-order valence-corrected chi connectivity index (χ1v) is 6.29. The third kappa shape index (κ3) is 2.75. The number of aromatic nitrogens is 2. The zero-order chi connectivity index (χ0) is 12.5. The molecule has 0 aromatic carbocycles. The van der Waals surface area contributed by atoms with E-state index in [1.54, 1.807) is 0 Å². The minimum atomic E-state index is -0.0847. The number of H-pyrrole nitrogens is 1. The Bertz CT molecular complexity index is 422. The summed E-state index contributed by atoms with van der Waals surface area (Å²) in [5.41, 5.74) is 0.0563. The highest BCUT2D eigenvalue weighted by Crippen LogP contribution is 2.27. The lowest BCUT2D eigenvalue weighted by Gasteiger charge is -2.36. The fourth-order valence-electron chi connectivity index (χ4n) is 1.38. The molecule has 0 saturated heterocycles. The topological polar surface area (TPSA) is 49.0 Å². The second-order valence-corrected chi connectivity index (χ2v) is 6.10. The Kier molecular flexibility index (Phi) is 3.98. The van der Waals surface area contributed by atoms with Crippen LogP contribution in [-0.4, -0.2) is 23.1 Å². The molecule has 1 N–H and O–H groups in total. The number of halogens is 1. The van der Waals surface area contributed by atoms with E-state index in [0.717, 1.165) is 5.82 Å². The van der Waals surface area contributed by atoms with Crippen molar-refractivity contribution in [2.45, 2.75) is 33.7 Å².